The van der Waals surface area contributed by atoms with Crippen molar-refractivity contribution in [1.82, 2.24) is 0 Å². The summed E-state index contributed by atoms with van der Waals surface area (Å²) in [4.78, 5) is 0. The molecule has 0 aromatic heterocycles. The first-order valence-electron chi connectivity index (χ1n) is 5.58. The molecule has 0 aromatic rings. The molecule has 0 heterocycles. The first-order valence-corrected chi connectivity index (χ1v) is 8.57. The van der Waals surface area contributed by atoms with Crippen LogP contribution in [0.1, 0.15) is 12.8 Å². The number of allylic oxidation sites excluding steroid dienone is 2. The monoisotopic (exact) mass is 208 g/mol. The Morgan fingerprint density at radius 2 is 1.93 bits per heavy atom. The van der Waals surface area contributed by atoms with Gasteiger partial charge < -0.3 is 4.43 Å². The van der Waals surface area contributed by atoms with Crippen molar-refractivity contribution in [2.24, 2.45) is 17.8 Å². The van der Waals surface area contributed by atoms with Crippen LogP contribution in [-0.2, 0) is 4.43 Å². The molecule has 2 heteroatoms. The van der Waals surface area contributed by atoms with Crippen molar-refractivity contribution in [1.29, 1.82) is 0 Å². The molecule has 2 unspecified atom stereocenters. The lowest BCUT2D eigenvalue weighted by molar-refractivity contribution is 0.216. The number of hydrogen-bond donors (Lipinski definition) is 0. The van der Waals surface area contributed by atoms with Crippen LogP contribution < -0.4 is 0 Å². The summed E-state index contributed by atoms with van der Waals surface area (Å²) in [5, 5.41) is 0. The molecule has 2 atom stereocenters. The van der Waals surface area contributed by atoms with Crippen LogP contribution in [0.5, 0.6) is 0 Å². The molecule has 14 heavy (non-hydrogen) atoms. The van der Waals surface area contributed by atoms with Gasteiger partial charge >= 0.3 is 0 Å². The summed E-state index contributed by atoms with van der Waals surface area (Å²) in [6, 6.07) is 0. The molecule has 0 radical (unpaired) electrons. The van der Waals surface area contributed by atoms with Crippen molar-refractivity contribution in [3.8, 4) is 0 Å². The standard InChI is InChI=1S/C12H20OSi/c1-4-14(2,3)13-9-12-10-5-6-11(12)8-7-10/h4-6,10-12H,1,7-9H2,2-3H3. The minimum Gasteiger partial charge on any atom is -0.413 e. The molecule has 2 aliphatic carbocycles. The lowest BCUT2D eigenvalue weighted by Gasteiger charge is -2.23. The Labute approximate surface area is 88.0 Å². The maximum absolute atomic E-state index is 6.02. The van der Waals surface area contributed by atoms with Gasteiger partial charge in [-0.1, -0.05) is 17.9 Å². The van der Waals surface area contributed by atoms with Gasteiger partial charge in [0.15, 0.2) is 0 Å². The van der Waals surface area contributed by atoms with Crippen molar-refractivity contribution in [3.05, 3.63) is 24.4 Å². The Bertz CT molecular complexity index is 243. The molecule has 2 rings (SSSR count). The summed E-state index contributed by atoms with van der Waals surface area (Å²) in [5.41, 5.74) is 2.03. The summed E-state index contributed by atoms with van der Waals surface area (Å²) < 4.78 is 6.02. The molecule has 0 aromatic carbocycles. The Hall–Kier alpha value is -0.343. The van der Waals surface area contributed by atoms with Crippen LogP contribution in [0.2, 0.25) is 13.1 Å². The maximum Gasteiger partial charge on any atom is 0.210 e. The first-order chi connectivity index (χ1) is 6.62. The fourth-order valence-electron chi connectivity index (χ4n) is 2.51. The van der Waals surface area contributed by atoms with Crippen molar-refractivity contribution < 1.29 is 4.43 Å². The molecular formula is C12H20OSi. The lowest BCUT2D eigenvalue weighted by atomic mass is 9.98. The molecule has 1 fully saturated rings. The van der Waals surface area contributed by atoms with E-state index in [-0.39, 0.29) is 0 Å². The average Bonchev–Trinajstić information content (AvgIpc) is 2.74. The van der Waals surface area contributed by atoms with E-state index in [0.717, 1.165) is 24.4 Å². The minimum atomic E-state index is -1.54. The van der Waals surface area contributed by atoms with Gasteiger partial charge in [-0.25, -0.2) is 0 Å². The second kappa shape index (κ2) is 3.67. The summed E-state index contributed by atoms with van der Waals surface area (Å²) in [6.07, 6.45) is 7.55. The molecule has 0 amide bonds. The highest BCUT2D eigenvalue weighted by atomic mass is 28.4. The van der Waals surface area contributed by atoms with E-state index in [1.807, 2.05) is 5.70 Å². The third kappa shape index (κ3) is 1.86. The highest BCUT2D eigenvalue weighted by Gasteiger charge is 2.38. The Morgan fingerprint density at radius 3 is 2.36 bits per heavy atom. The second-order valence-corrected chi connectivity index (χ2v) is 8.98. The average molecular weight is 208 g/mol. The summed E-state index contributed by atoms with van der Waals surface area (Å²) in [6.45, 7) is 9.23. The fourth-order valence-corrected chi connectivity index (χ4v) is 3.25. The summed E-state index contributed by atoms with van der Waals surface area (Å²) >= 11 is 0. The number of rotatable bonds is 4. The van der Waals surface area contributed by atoms with Crippen molar-refractivity contribution in [3.63, 3.8) is 0 Å². The molecule has 0 aliphatic heterocycles. The normalized spacial score (nSPS) is 35.1. The van der Waals surface area contributed by atoms with Gasteiger partial charge in [0.25, 0.3) is 0 Å². The van der Waals surface area contributed by atoms with Gasteiger partial charge in [0.05, 0.1) is 0 Å². The van der Waals surface area contributed by atoms with E-state index >= 15 is 0 Å². The SMILES string of the molecule is C=C[Si](C)(C)OCC1C2C=CC1CC2. The lowest BCUT2D eigenvalue weighted by Crippen LogP contribution is -2.31. The maximum atomic E-state index is 6.02. The van der Waals surface area contributed by atoms with Crippen LogP contribution in [0.3, 0.4) is 0 Å². The van der Waals surface area contributed by atoms with Crippen LogP contribution >= 0.6 is 0 Å². The van der Waals surface area contributed by atoms with Crippen LogP contribution in [0, 0.1) is 17.8 Å². The quantitative estimate of drug-likeness (QED) is 0.509. The minimum absolute atomic E-state index is 0.779. The second-order valence-electron chi connectivity index (χ2n) is 5.07. The van der Waals surface area contributed by atoms with Gasteiger partial charge in [-0.3, -0.25) is 0 Å². The van der Waals surface area contributed by atoms with Crippen LogP contribution in [0.4, 0.5) is 0 Å². The molecule has 0 spiro atoms. The van der Waals surface area contributed by atoms with Gasteiger partial charge in [-0.15, -0.1) is 6.58 Å². The smallest absolute Gasteiger partial charge is 0.210 e. The molecule has 2 bridgehead atoms. The van der Waals surface area contributed by atoms with E-state index < -0.39 is 8.32 Å². The van der Waals surface area contributed by atoms with E-state index in [9.17, 15) is 0 Å². The molecule has 1 saturated carbocycles. The van der Waals surface area contributed by atoms with Crippen molar-refractivity contribution >= 4 is 8.32 Å². The molecule has 0 N–H and O–H groups in total. The Morgan fingerprint density at radius 1 is 1.36 bits per heavy atom. The summed E-state index contributed by atoms with van der Waals surface area (Å²) in [7, 11) is -1.54. The zero-order valence-electron chi connectivity index (χ0n) is 9.20. The molecular weight excluding hydrogens is 188 g/mol. The zero-order valence-corrected chi connectivity index (χ0v) is 10.2. The number of hydrogen-bond acceptors (Lipinski definition) is 1. The van der Waals surface area contributed by atoms with Gasteiger partial charge in [-0.2, -0.15) is 0 Å². The van der Waals surface area contributed by atoms with Crippen LogP contribution in [0.25, 0.3) is 0 Å². The molecule has 0 saturated heterocycles. The molecule has 1 nitrogen and oxygen atoms in total. The largest absolute Gasteiger partial charge is 0.413 e. The number of fused-ring (bicyclic) bond motifs is 2. The van der Waals surface area contributed by atoms with E-state index in [1.54, 1.807) is 0 Å². The van der Waals surface area contributed by atoms with Gasteiger partial charge in [-0.05, 0) is 43.7 Å². The van der Waals surface area contributed by atoms with Crippen LogP contribution in [0.15, 0.2) is 24.4 Å². The van der Waals surface area contributed by atoms with Crippen LogP contribution in [-0.4, -0.2) is 14.9 Å². The third-order valence-corrected chi connectivity index (χ3v) is 5.57. The summed E-state index contributed by atoms with van der Waals surface area (Å²) in [5.74, 6) is 2.41. The van der Waals surface area contributed by atoms with Gasteiger partial charge in [0.2, 0.25) is 8.32 Å². The predicted octanol–water partition coefficient (Wildman–Crippen LogP) is 3.15. The first kappa shape index (κ1) is 10.2. The zero-order chi connectivity index (χ0) is 10.2. The van der Waals surface area contributed by atoms with Crippen molar-refractivity contribution in [2.75, 3.05) is 6.61 Å². The topological polar surface area (TPSA) is 9.23 Å². The van der Waals surface area contributed by atoms with Gasteiger partial charge in [0.1, 0.15) is 0 Å². The Kier molecular flexibility index (Phi) is 2.67. The highest BCUT2D eigenvalue weighted by Crippen LogP contribution is 2.44. The fraction of sp³-hybridized carbons (Fsp3) is 0.667. The predicted molar refractivity (Wildman–Crippen MR) is 62.5 cm³/mol. The van der Waals surface area contributed by atoms with E-state index in [0.29, 0.717) is 0 Å². The van der Waals surface area contributed by atoms with Gasteiger partial charge in [0, 0.05) is 6.61 Å². The third-order valence-electron chi connectivity index (χ3n) is 3.68. The molecule has 2 aliphatic rings. The highest BCUT2D eigenvalue weighted by molar-refractivity contribution is 6.76. The van der Waals surface area contributed by atoms with Crippen molar-refractivity contribution in [2.45, 2.75) is 25.9 Å². The van der Waals surface area contributed by atoms with E-state index in [2.05, 4.69) is 31.8 Å². The Balaban J connectivity index is 1.86. The van der Waals surface area contributed by atoms with E-state index in [4.69, 9.17) is 4.43 Å². The molecule has 78 valence electrons. The van der Waals surface area contributed by atoms with E-state index in [1.165, 1.54) is 12.8 Å².